The van der Waals surface area contributed by atoms with Gasteiger partial charge in [-0.1, -0.05) is 0 Å². The molecular weight excluding hydrogens is 430 g/mol. The smallest absolute Gasteiger partial charge is 0.255 e. The molecule has 2 aromatic rings. The minimum absolute atomic E-state index is 0.0641. The number of carbonyl (C=O) groups is 1. The normalized spacial score (nSPS) is 19.7. The number of hydrogen-bond acceptors (Lipinski definition) is 6. The van der Waals surface area contributed by atoms with Gasteiger partial charge in [-0.2, -0.15) is 0 Å². The van der Waals surface area contributed by atoms with Crippen LogP contribution in [0.2, 0.25) is 0 Å². The predicted molar refractivity (Wildman–Crippen MR) is 114 cm³/mol. The number of anilines is 3. The summed E-state index contributed by atoms with van der Waals surface area (Å²) in [5, 5.41) is 12.7. The van der Waals surface area contributed by atoms with Gasteiger partial charge in [-0.25, -0.2) is 16.8 Å². The van der Waals surface area contributed by atoms with Crippen LogP contribution in [0.1, 0.15) is 23.2 Å². The molecule has 0 saturated carbocycles. The molecule has 0 bridgehead atoms. The van der Waals surface area contributed by atoms with Crippen LogP contribution in [0.3, 0.4) is 0 Å². The van der Waals surface area contributed by atoms with Gasteiger partial charge in [0.25, 0.3) is 5.91 Å². The number of carbonyl (C=O) groups excluding carboxylic acids is 1. The highest BCUT2D eigenvalue weighted by Gasteiger charge is 2.30. The first-order valence-electron chi connectivity index (χ1n) is 9.43. The van der Waals surface area contributed by atoms with E-state index >= 15 is 0 Å². The molecule has 0 radical (unpaired) electrons. The summed E-state index contributed by atoms with van der Waals surface area (Å²) in [6, 6.07) is 10.4. The van der Waals surface area contributed by atoms with Gasteiger partial charge in [-0.05, 0) is 55.3 Å². The van der Waals surface area contributed by atoms with E-state index in [1.165, 1.54) is 38.9 Å². The van der Waals surface area contributed by atoms with Crippen molar-refractivity contribution >= 4 is 43.0 Å². The van der Waals surface area contributed by atoms with E-state index in [0.29, 0.717) is 37.3 Å². The van der Waals surface area contributed by atoms with Gasteiger partial charge in [0.15, 0.2) is 0 Å². The van der Waals surface area contributed by atoms with Crippen molar-refractivity contribution in [2.45, 2.75) is 12.8 Å². The van der Waals surface area contributed by atoms with Crippen molar-refractivity contribution in [1.82, 2.24) is 0 Å². The maximum absolute atomic E-state index is 12.6. The molecule has 11 heteroatoms. The third-order valence-corrected chi connectivity index (χ3v) is 8.87. The summed E-state index contributed by atoms with van der Waals surface area (Å²) < 4.78 is 50.9. The monoisotopic (exact) mass is 451 g/mol. The lowest BCUT2D eigenvalue weighted by molar-refractivity contribution is 0.102. The molecule has 9 nitrogen and oxygen atoms in total. The van der Waals surface area contributed by atoms with Crippen molar-refractivity contribution in [1.29, 1.82) is 0 Å². The van der Waals surface area contributed by atoms with Gasteiger partial charge in [0.2, 0.25) is 20.0 Å². The van der Waals surface area contributed by atoms with Crippen LogP contribution in [-0.4, -0.2) is 52.4 Å². The Morgan fingerprint density at radius 3 is 1.90 bits per heavy atom. The second-order valence-electron chi connectivity index (χ2n) is 7.19. The standard InChI is InChI=1S/C19H21N3O6S2/c23-18-8-7-16(22-10-2-12-30(22,27)28)13-17(18)20-19(24)14-3-5-15(6-4-14)21-9-1-11-29(21,25)26/h3-8,13,23H,1-2,9-12H2,(H,20,24). The first-order valence-corrected chi connectivity index (χ1v) is 12.6. The Labute approximate surface area is 175 Å². The Morgan fingerprint density at radius 1 is 0.833 bits per heavy atom. The minimum Gasteiger partial charge on any atom is -0.506 e. The van der Waals surface area contributed by atoms with Crippen molar-refractivity contribution in [3.8, 4) is 5.75 Å². The molecule has 2 aromatic carbocycles. The van der Waals surface area contributed by atoms with Crippen LogP contribution >= 0.6 is 0 Å². The average molecular weight is 452 g/mol. The van der Waals surface area contributed by atoms with E-state index in [-0.39, 0.29) is 28.5 Å². The highest BCUT2D eigenvalue weighted by Crippen LogP contribution is 2.32. The summed E-state index contributed by atoms with van der Waals surface area (Å²) in [5.74, 6) is -0.530. The Bertz CT molecular complexity index is 1190. The van der Waals surface area contributed by atoms with Crippen LogP contribution in [0, 0.1) is 0 Å². The van der Waals surface area contributed by atoms with Crippen LogP contribution in [0.5, 0.6) is 5.75 Å². The van der Waals surface area contributed by atoms with Gasteiger partial charge in [0.1, 0.15) is 5.75 Å². The molecule has 2 heterocycles. The molecule has 0 atom stereocenters. The molecule has 4 rings (SSSR count). The van der Waals surface area contributed by atoms with Crippen molar-refractivity contribution in [3.05, 3.63) is 48.0 Å². The molecule has 2 aliphatic heterocycles. The Kier molecular flexibility index (Phi) is 5.10. The van der Waals surface area contributed by atoms with E-state index in [4.69, 9.17) is 0 Å². The zero-order chi connectivity index (χ0) is 21.5. The van der Waals surface area contributed by atoms with Crippen molar-refractivity contribution in [2.75, 3.05) is 38.5 Å². The van der Waals surface area contributed by atoms with E-state index < -0.39 is 26.0 Å². The number of nitrogens with one attached hydrogen (secondary N) is 1. The summed E-state index contributed by atoms with van der Waals surface area (Å²) in [6.07, 6.45) is 1.08. The quantitative estimate of drug-likeness (QED) is 0.682. The van der Waals surface area contributed by atoms with Gasteiger partial charge >= 0.3 is 0 Å². The van der Waals surface area contributed by atoms with Crippen molar-refractivity contribution in [3.63, 3.8) is 0 Å². The maximum Gasteiger partial charge on any atom is 0.255 e. The zero-order valence-electron chi connectivity index (χ0n) is 16.0. The second-order valence-corrected chi connectivity index (χ2v) is 11.2. The molecule has 2 fully saturated rings. The fraction of sp³-hybridized carbons (Fsp3) is 0.316. The Balaban J connectivity index is 1.53. The number of aromatic hydroxyl groups is 1. The zero-order valence-corrected chi connectivity index (χ0v) is 17.6. The van der Waals surface area contributed by atoms with E-state index in [1.807, 2.05) is 0 Å². The largest absolute Gasteiger partial charge is 0.506 e. The molecule has 2 aliphatic rings. The van der Waals surface area contributed by atoms with Gasteiger partial charge < -0.3 is 10.4 Å². The summed E-state index contributed by atoms with van der Waals surface area (Å²) >= 11 is 0. The van der Waals surface area contributed by atoms with Crippen LogP contribution in [0.15, 0.2) is 42.5 Å². The Hall–Kier alpha value is -2.79. The van der Waals surface area contributed by atoms with Crippen LogP contribution in [0.4, 0.5) is 17.1 Å². The second kappa shape index (κ2) is 7.47. The highest BCUT2D eigenvalue weighted by molar-refractivity contribution is 7.93. The predicted octanol–water partition coefficient (Wildman–Crippen LogP) is 1.72. The van der Waals surface area contributed by atoms with Crippen LogP contribution in [0.25, 0.3) is 0 Å². The third kappa shape index (κ3) is 3.82. The molecule has 160 valence electrons. The summed E-state index contributed by atoms with van der Waals surface area (Å²) in [7, 11) is -6.69. The van der Waals surface area contributed by atoms with E-state index in [9.17, 15) is 26.7 Å². The molecule has 30 heavy (non-hydrogen) atoms. The third-order valence-electron chi connectivity index (χ3n) is 5.13. The van der Waals surface area contributed by atoms with Crippen molar-refractivity contribution < 1.29 is 26.7 Å². The number of nitrogens with zero attached hydrogens (tertiary/aromatic N) is 2. The molecule has 0 aromatic heterocycles. The number of phenols is 1. The first-order chi connectivity index (χ1) is 14.2. The number of amides is 1. The first kappa shape index (κ1) is 20.5. The topological polar surface area (TPSA) is 124 Å². The number of rotatable bonds is 4. The molecule has 0 aliphatic carbocycles. The van der Waals surface area contributed by atoms with Crippen LogP contribution in [-0.2, 0) is 20.0 Å². The molecule has 2 N–H and O–H groups in total. The number of benzene rings is 2. The molecule has 1 amide bonds. The fourth-order valence-electron chi connectivity index (χ4n) is 3.61. The molecular formula is C19H21N3O6S2. The lowest BCUT2D eigenvalue weighted by Gasteiger charge is -2.19. The van der Waals surface area contributed by atoms with Crippen molar-refractivity contribution in [2.24, 2.45) is 0 Å². The Morgan fingerprint density at radius 2 is 1.37 bits per heavy atom. The molecule has 2 saturated heterocycles. The number of sulfonamides is 2. The number of hydrogen-bond donors (Lipinski definition) is 2. The van der Waals surface area contributed by atoms with E-state index in [0.717, 1.165) is 0 Å². The SMILES string of the molecule is O=C(Nc1cc(N2CCCS2(=O)=O)ccc1O)c1ccc(N2CCCS2(=O)=O)cc1. The molecule has 0 unspecified atom stereocenters. The molecule has 0 spiro atoms. The van der Waals surface area contributed by atoms with Gasteiger partial charge in [0, 0.05) is 18.7 Å². The van der Waals surface area contributed by atoms with E-state index in [2.05, 4.69) is 5.32 Å². The van der Waals surface area contributed by atoms with Gasteiger partial charge in [-0.15, -0.1) is 0 Å². The van der Waals surface area contributed by atoms with Gasteiger partial charge in [-0.3, -0.25) is 13.4 Å². The minimum atomic E-state index is -3.39. The number of phenolic OH excluding ortho intramolecular Hbond substituents is 1. The summed E-state index contributed by atoms with van der Waals surface area (Å²) in [6.45, 7) is 0.759. The summed E-state index contributed by atoms with van der Waals surface area (Å²) in [4.78, 5) is 12.6. The lowest BCUT2D eigenvalue weighted by atomic mass is 10.1. The highest BCUT2D eigenvalue weighted by atomic mass is 32.2. The summed E-state index contributed by atoms with van der Waals surface area (Å²) in [5.41, 5.74) is 1.23. The lowest BCUT2D eigenvalue weighted by Crippen LogP contribution is -2.25. The maximum atomic E-state index is 12.6. The van der Waals surface area contributed by atoms with Gasteiger partial charge in [0.05, 0.1) is 28.6 Å². The fourth-order valence-corrected chi connectivity index (χ4v) is 6.73. The van der Waals surface area contributed by atoms with Crippen LogP contribution < -0.4 is 13.9 Å². The van der Waals surface area contributed by atoms with E-state index in [1.54, 1.807) is 12.1 Å². The average Bonchev–Trinajstić information content (AvgIpc) is 3.24.